The van der Waals surface area contributed by atoms with Crippen molar-refractivity contribution in [2.24, 2.45) is 0 Å². The molecule has 0 unspecified atom stereocenters. The summed E-state index contributed by atoms with van der Waals surface area (Å²) in [5.41, 5.74) is 1.74. The van der Waals surface area contributed by atoms with Gasteiger partial charge in [0.1, 0.15) is 0 Å². The Morgan fingerprint density at radius 2 is 1.74 bits per heavy atom. The van der Waals surface area contributed by atoms with Crippen LogP contribution >= 0.6 is 12.4 Å². The second-order valence-electron chi connectivity index (χ2n) is 5.68. The average Bonchev–Trinajstić information content (AvgIpc) is 2.58. The number of nitrogens with one attached hydrogen (secondary N) is 2. The summed E-state index contributed by atoms with van der Waals surface area (Å²) in [5.74, 6) is 0.145. The second-order valence-corrected chi connectivity index (χ2v) is 5.68. The first-order valence-electron chi connectivity index (χ1n) is 8.00. The van der Waals surface area contributed by atoms with Crippen LogP contribution in [-0.2, 0) is 11.3 Å². The van der Waals surface area contributed by atoms with E-state index in [1.54, 1.807) is 0 Å². The number of carbonyl (C=O) groups is 2. The van der Waals surface area contributed by atoms with Crippen LogP contribution in [0.15, 0.2) is 24.3 Å². The molecule has 0 atom stereocenters. The number of hydrogen-bond acceptors (Lipinski definition) is 3. The van der Waals surface area contributed by atoms with E-state index in [1.807, 2.05) is 36.2 Å². The molecular weight excluding hydrogens is 314 g/mol. The van der Waals surface area contributed by atoms with E-state index >= 15 is 0 Å². The summed E-state index contributed by atoms with van der Waals surface area (Å²) in [6.45, 7) is 2.90. The number of hydrogen-bond donors (Lipinski definition) is 2. The molecule has 6 heteroatoms. The summed E-state index contributed by atoms with van der Waals surface area (Å²) in [6, 6.07) is 7.53. The van der Waals surface area contributed by atoms with Crippen LogP contribution in [0.4, 0.5) is 0 Å². The van der Waals surface area contributed by atoms with Gasteiger partial charge in [-0.15, -0.1) is 12.4 Å². The minimum absolute atomic E-state index is 0. The smallest absolute Gasteiger partial charge is 0.253 e. The van der Waals surface area contributed by atoms with Gasteiger partial charge >= 0.3 is 0 Å². The fourth-order valence-corrected chi connectivity index (χ4v) is 2.57. The lowest BCUT2D eigenvalue weighted by molar-refractivity contribution is -0.121. The maximum absolute atomic E-state index is 12.3. The molecule has 1 aromatic rings. The van der Waals surface area contributed by atoms with Crippen LogP contribution in [0.2, 0.25) is 0 Å². The fraction of sp³-hybridized carbons (Fsp3) is 0.529. The van der Waals surface area contributed by atoms with Crippen LogP contribution in [-0.4, -0.2) is 43.4 Å². The van der Waals surface area contributed by atoms with Crippen molar-refractivity contribution in [1.82, 2.24) is 15.5 Å². The molecular formula is C17H26ClN3O2. The van der Waals surface area contributed by atoms with Crippen LogP contribution in [0.3, 0.4) is 0 Å². The zero-order chi connectivity index (χ0) is 15.8. The van der Waals surface area contributed by atoms with E-state index in [-0.39, 0.29) is 24.2 Å². The van der Waals surface area contributed by atoms with Crippen LogP contribution in [0, 0.1) is 0 Å². The molecule has 0 aliphatic carbocycles. The van der Waals surface area contributed by atoms with E-state index in [0.717, 1.165) is 37.1 Å². The zero-order valence-electron chi connectivity index (χ0n) is 13.6. The van der Waals surface area contributed by atoms with Gasteiger partial charge in [-0.3, -0.25) is 9.59 Å². The maximum atomic E-state index is 12.3. The van der Waals surface area contributed by atoms with Crippen LogP contribution in [0.1, 0.15) is 41.6 Å². The largest absolute Gasteiger partial charge is 0.352 e. The minimum atomic E-state index is 0. The normalized spacial score (nSPS) is 14.0. The molecule has 128 valence electrons. The summed E-state index contributed by atoms with van der Waals surface area (Å²) in [6.07, 6.45) is 3.89. The van der Waals surface area contributed by atoms with E-state index in [0.29, 0.717) is 19.5 Å². The van der Waals surface area contributed by atoms with Gasteiger partial charge < -0.3 is 15.5 Å². The van der Waals surface area contributed by atoms with Gasteiger partial charge in [-0.2, -0.15) is 0 Å². The van der Waals surface area contributed by atoms with Gasteiger partial charge in [0.2, 0.25) is 5.91 Å². The van der Waals surface area contributed by atoms with E-state index in [4.69, 9.17) is 0 Å². The van der Waals surface area contributed by atoms with Gasteiger partial charge in [0, 0.05) is 38.2 Å². The Balaban J connectivity index is 0.00000264. The standard InChI is InChI=1S/C17H25N3O2.ClH/c1-18-10-9-16(21)19-13-14-5-7-15(8-6-14)17(22)20-11-3-2-4-12-20;/h5-8,18H,2-4,9-13H2,1H3,(H,19,21);1H. The van der Waals surface area contributed by atoms with E-state index in [2.05, 4.69) is 10.6 Å². The average molecular weight is 340 g/mol. The molecule has 2 rings (SSSR count). The third-order valence-electron chi connectivity index (χ3n) is 3.94. The molecule has 0 spiro atoms. The SMILES string of the molecule is CNCCC(=O)NCc1ccc(C(=O)N2CCCCC2)cc1.Cl. The van der Waals surface area contributed by atoms with Crippen molar-refractivity contribution in [1.29, 1.82) is 0 Å². The quantitative estimate of drug-likeness (QED) is 0.833. The highest BCUT2D eigenvalue weighted by Crippen LogP contribution is 2.13. The third-order valence-corrected chi connectivity index (χ3v) is 3.94. The van der Waals surface area contributed by atoms with Gasteiger partial charge in [0.05, 0.1) is 0 Å². The molecule has 1 aromatic carbocycles. The lowest BCUT2D eigenvalue weighted by Gasteiger charge is -2.26. The number of rotatable bonds is 6. The highest BCUT2D eigenvalue weighted by molar-refractivity contribution is 5.94. The molecule has 0 aromatic heterocycles. The lowest BCUT2D eigenvalue weighted by Crippen LogP contribution is -2.35. The summed E-state index contributed by atoms with van der Waals surface area (Å²) in [5, 5.41) is 5.82. The van der Waals surface area contributed by atoms with Crippen LogP contribution < -0.4 is 10.6 Å². The van der Waals surface area contributed by atoms with Crippen molar-refractivity contribution in [3.05, 3.63) is 35.4 Å². The molecule has 0 saturated carbocycles. The molecule has 5 nitrogen and oxygen atoms in total. The molecule has 2 amide bonds. The Labute approximate surface area is 144 Å². The summed E-state index contributed by atoms with van der Waals surface area (Å²) in [4.78, 5) is 25.8. The highest BCUT2D eigenvalue weighted by atomic mass is 35.5. The number of halogens is 1. The molecule has 1 heterocycles. The molecule has 1 aliphatic heterocycles. The topological polar surface area (TPSA) is 61.4 Å². The number of benzene rings is 1. The first kappa shape index (κ1) is 19.5. The van der Waals surface area contributed by atoms with E-state index < -0.39 is 0 Å². The third kappa shape index (κ3) is 6.20. The number of piperidine rings is 1. The Hall–Kier alpha value is -1.59. The van der Waals surface area contributed by atoms with Gasteiger partial charge in [0.15, 0.2) is 0 Å². The van der Waals surface area contributed by atoms with Crippen LogP contribution in [0.25, 0.3) is 0 Å². The van der Waals surface area contributed by atoms with Crippen LogP contribution in [0.5, 0.6) is 0 Å². The second kappa shape index (κ2) is 10.2. The molecule has 2 N–H and O–H groups in total. The van der Waals surface area contributed by atoms with E-state index in [9.17, 15) is 9.59 Å². The fourth-order valence-electron chi connectivity index (χ4n) is 2.57. The van der Waals surface area contributed by atoms with Crippen molar-refractivity contribution in [2.75, 3.05) is 26.7 Å². The summed E-state index contributed by atoms with van der Waals surface area (Å²) < 4.78 is 0. The number of carbonyl (C=O) groups excluding carboxylic acids is 2. The first-order chi connectivity index (χ1) is 10.7. The highest BCUT2D eigenvalue weighted by Gasteiger charge is 2.17. The van der Waals surface area contributed by atoms with Gasteiger partial charge in [-0.05, 0) is 44.0 Å². The molecule has 0 bridgehead atoms. The molecule has 0 radical (unpaired) electrons. The van der Waals surface area contributed by atoms with Crippen molar-refractivity contribution < 1.29 is 9.59 Å². The number of likely N-dealkylation sites (tertiary alicyclic amines) is 1. The van der Waals surface area contributed by atoms with Crippen molar-refractivity contribution in [2.45, 2.75) is 32.2 Å². The van der Waals surface area contributed by atoms with Gasteiger partial charge in [0.25, 0.3) is 5.91 Å². The van der Waals surface area contributed by atoms with Gasteiger partial charge in [-0.25, -0.2) is 0 Å². The van der Waals surface area contributed by atoms with Crippen molar-refractivity contribution >= 4 is 24.2 Å². The van der Waals surface area contributed by atoms with Crippen molar-refractivity contribution in [3.8, 4) is 0 Å². The maximum Gasteiger partial charge on any atom is 0.253 e. The zero-order valence-corrected chi connectivity index (χ0v) is 14.5. The number of nitrogens with zero attached hydrogens (tertiary/aromatic N) is 1. The predicted octanol–water partition coefficient (Wildman–Crippen LogP) is 1.96. The molecule has 1 saturated heterocycles. The molecule has 23 heavy (non-hydrogen) atoms. The Bertz CT molecular complexity index is 499. The Morgan fingerprint density at radius 1 is 1.09 bits per heavy atom. The van der Waals surface area contributed by atoms with E-state index in [1.165, 1.54) is 6.42 Å². The lowest BCUT2D eigenvalue weighted by atomic mass is 10.1. The molecule has 1 aliphatic rings. The van der Waals surface area contributed by atoms with Gasteiger partial charge in [-0.1, -0.05) is 12.1 Å². The van der Waals surface area contributed by atoms with Crippen molar-refractivity contribution in [3.63, 3.8) is 0 Å². The first-order valence-corrected chi connectivity index (χ1v) is 8.00. The Morgan fingerprint density at radius 3 is 2.35 bits per heavy atom. The predicted molar refractivity (Wildman–Crippen MR) is 93.8 cm³/mol. The molecule has 1 fully saturated rings. The monoisotopic (exact) mass is 339 g/mol. The Kier molecular flexibility index (Phi) is 8.66. The minimum Gasteiger partial charge on any atom is -0.352 e. The number of amides is 2. The summed E-state index contributed by atoms with van der Waals surface area (Å²) >= 11 is 0. The summed E-state index contributed by atoms with van der Waals surface area (Å²) in [7, 11) is 1.82.